The van der Waals surface area contributed by atoms with E-state index in [1.165, 1.54) is 36.1 Å². The number of nitrogens with one attached hydrogen (secondary N) is 2. The van der Waals surface area contributed by atoms with Crippen LogP contribution in [0.1, 0.15) is 93.4 Å². The molecule has 29 heavy (non-hydrogen) atoms. The second kappa shape index (κ2) is 9.78. The number of hydrogen-bond donors (Lipinski definition) is 2. The zero-order valence-electron chi connectivity index (χ0n) is 18.4. The number of thiophene rings is 1. The minimum atomic E-state index is -0.219. The molecule has 2 unspecified atom stereocenters. The van der Waals surface area contributed by atoms with Crippen molar-refractivity contribution >= 4 is 39.6 Å². The van der Waals surface area contributed by atoms with Crippen LogP contribution in [-0.2, 0) is 17.6 Å². The molecule has 1 heterocycles. The van der Waals surface area contributed by atoms with E-state index in [2.05, 4.69) is 31.4 Å². The van der Waals surface area contributed by atoms with Crippen LogP contribution in [0.3, 0.4) is 0 Å². The molecule has 2 aliphatic carbocycles. The summed E-state index contributed by atoms with van der Waals surface area (Å²) >= 11 is 7.36. The second-order valence-electron chi connectivity index (χ2n) is 9.55. The van der Waals surface area contributed by atoms with Crippen molar-refractivity contribution in [1.29, 1.82) is 0 Å². The molecule has 1 aromatic heterocycles. The van der Waals surface area contributed by atoms with Crippen LogP contribution in [0.15, 0.2) is 0 Å². The van der Waals surface area contributed by atoms with Crippen LogP contribution in [0.4, 0.5) is 5.00 Å². The van der Waals surface area contributed by atoms with Crippen LogP contribution in [-0.4, -0.2) is 23.7 Å². The number of anilines is 1. The molecule has 3 rings (SSSR count). The van der Waals surface area contributed by atoms with E-state index in [1.54, 1.807) is 11.3 Å². The monoisotopic (exact) mass is 436 g/mol. The van der Waals surface area contributed by atoms with Crippen molar-refractivity contribution < 1.29 is 9.53 Å². The molecule has 162 valence electrons. The van der Waals surface area contributed by atoms with E-state index in [0.29, 0.717) is 29.1 Å². The topological polar surface area (TPSA) is 50.4 Å². The van der Waals surface area contributed by atoms with Crippen molar-refractivity contribution in [2.75, 3.05) is 11.9 Å². The average molecular weight is 437 g/mol. The van der Waals surface area contributed by atoms with Crippen molar-refractivity contribution in [2.45, 2.75) is 91.5 Å². The predicted molar refractivity (Wildman–Crippen MR) is 126 cm³/mol. The van der Waals surface area contributed by atoms with E-state index in [4.69, 9.17) is 17.0 Å². The zero-order chi connectivity index (χ0) is 21.0. The van der Waals surface area contributed by atoms with E-state index >= 15 is 0 Å². The molecule has 0 aliphatic heterocycles. The summed E-state index contributed by atoms with van der Waals surface area (Å²) in [5.74, 6) is 0.471. The number of fused-ring (bicyclic) bond motifs is 1. The molecule has 0 radical (unpaired) electrons. The van der Waals surface area contributed by atoms with Gasteiger partial charge in [-0.25, -0.2) is 4.79 Å². The Morgan fingerprint density at radius 1 is 1.21 bits per heavy atom. The molecule has 0 saturated heterocycles. The fraction of sp³-hybridized carbons (Fsp3) is 0.739. The van der Waals surface area contributed by atoms with E-state index in [9.17, 15) is 4.79 Å². The Morgan fingerprint density at radius 3 is 2.62 bits per heavy atom. The molecule has 1 aromatic rings. The van der Waals surface area contributed by atoms with Gasteiger partial charge in [0.2, 0.25) is 0 Å². The highest BCUT2D eigenvalue weighted by Gasteiger charge is 2.32. The van der Waals surface area contributed by atoms with Crippen LogP contribution in [0.2, 0.25) is 0 Å². The van der Waals surface area contributed by atoms with Crippen LogP contribution in [0.25, 0.3) is 0 Å². The molecule has 0 spiro atoms. The minimum Gasteiger partial charge on any atom is -0.462 e. The van der Waals surface area contributed by atoms with Gasteiger partial charge in [-0.3, -0.25) is 0 Å². The lowest BCUT2D eigenvalue weighted by Gasteiger charge is -2.39. The van der Waals surface area contributed by atoms with Gasteiger partial charge in [0.05, 0.1) is 12.2 Å². The van der Waals surface area contributed by atoms with Gasteiger partial charge >= 0.3 is 5.97 Å². The van der Waals surface area contributed by atoms with E-state index in [-0.39, 0.29) is 5.97 Å². The molecule has 0 bridgehead atoms. The third-order valence-corrected chi connectivity index (χ3v) is 7.53. The van der Waals surface area contributed by atoms with Crippen molar-refractivity contribution in [3.63, 3.8) is 0 Å². The predicted octanol–water partition coefficient (Wildman–Crippen LogP) is 6.09. The molecule has 2 atom stereocenters. The molecule has 0 amide bonds. The molecule has 1 fully saturated rings. The van der Waals surface area contributed by atoms with Crippen LogP contribution in [0, 0.1) is 11.3 Å². The molecular formula is C23H36N2O2S2. The van der Waals surface area contributed by atoms with E-state index in [1.807, 2.05) is 6.92 Å². The highest BCUT2D eigenvalue weighted by Crippen LogP contribution is 2.39. The van der Waals surface area contributed by atoms with Crippen LogP contribution >= 0.6 is 23.6 Å². The highest BCUT2D eigenvalue weighted by atomic mass is 32.1. The molecule has 2 aliphatic rings. The number of hydrogen-bond acceptors (Lipinski definition) is 4. The van der Waals surface area contributed by atoms with Gasteiger partial charge in [0.15, 0.2) is 5.11 Å². The summed E-state index contributed by atoms with van der Waals surface area (Å²) in [5, 5.41) is 8.39. The van der Waals surface area contributed by atoms with E-state index in [0.717, 1.165) is 42.7 Å². The quantitative estimate of drug-likeness (QED) is 0.442. The third-order valence-electron chi connectivity index (χ3n) is 6.10. The first-order chi connectivity index (χ1) is 13.8. The fourth-order valence-electron chi connectivity index (χ4n) is 5.21. The normalized spacial score (nSPS) is 24.0. The summed E-state index contributed by atoms with van der Waals surface area (Å²) in [6, 6.07) is 0.376. The minimum absolute atomic E-state index is 0.219. The van der Waals surface area contributed by atoms with Gasteiger partial charge in [-0.1, -0.05) is 33.6 Å². The molecular weight excluding hydrogens is 400 g/mol. The zero-order valence-corrected chi connectivity index (χ0v) is 20.0. The first kappa shape index (κ1) is 22.5. The number of rotatable bonds is 4. The summed E-state index contributed by atoms with van der Waals surface area (Å²) in [7, 11) is 0. The first-order valence-electron chi connectivity index (χ1n) is 11.2. The summed E-state index contributed by atoms with van der Waals surface area (Å²) in [6.07, 6.45) is 10.3. The molecule has 1 saturated carbocycles. The Bertz CT molecular complexity index is 741. The Kier molecular flexibility index (Phi) is 7.60. The largest absolute Gasteiger partial charge is 0.462 e. The maximum Gasteiger partial charge on any atom is 0.341 e. The van der Waals surface area contributed by atoms with Crippen LogP contribution in [0.5, 0.6) is 0 Å². The molecule has 0 aromatic carbocycles. The molecule has 4 nitrogen and oxygen atoms in total. The van der Waals surface area contributed by atoms with Gasteiger partial charge in [-0.05, 0) is 81.0 Å². The Labute approximate surface area is 185 Å². The third kappa shape index (κ3) is 5.94. The summed E-state index contributed by atoms with van der Waals surface area (Å²) in [5.41, 5.74) is 2.24. The van der Waals surface area contributed by atoms with Crippen molar-refractivity contribution in [3.05, 3.63) is 16.0 Å². The summed E-state index contributed by atoms with van der Waals surface area (Å²) in [4.78, 5) is 14.1. The van der Waals surface area contributed by atoms with Gasteiger partial charge in [0.25, 0.3) is 0 Å². The van der Waals surface area contributed by atoms with E-state index < -0.39 is 0 Å². The number of carbonyl (C=O) groups excluding carboxylic acids is 1. The maximum atomic E-state index is 12.8. The Morgan fingerprint density at radius 2 is 1.93 bits per heavy atom. The number of carbonyl (C=O) groups is 1. The second-order valence-corrected chi connectivity index (χ2v) is 11.1. The Hall–Kier alpha value is -1.14. The lowest BCUT2D eigenvalue weighted by Crippen LogP contribution is -2.44. The van der Waals surface area contributed by atoms with Crippen molar-refractivity contribution in [2.24, 2.45) is 11.3 Å². The van der Waals surface area contributed by atoms with Gasteiger partial charge in [0, 0.05) is 10.9 Å². The summed E-state index contributed by atoms with van der Waals surface area (Å²) in [6.45, 7) is 9.25. The fourth-order valence-corrected chi connectivity index (χ4v) is 6.82. The van der Waals surface area contributed by atoms with Crippen molar-refractivity contribution in [3.8, 4) is 0 Å². The van der Waals surface area contributed by atoms with Crippen molar-refractivity contribution in [1.82, 2.24) is 5.32 Å². The van der Waals surface area contributed by atoms with Gasteiger partial charge in [0.1, 0.15) is 5.00 Å². The number of aryl methyl sites for hydroxylation is 1. The smallest absolute Gasteiger partial charge is 0.341 e. The number of ether oxygens (including phenoxy) is 1. The summed E-state index contributed by atoms with van der Waals surface area (Å²) < 4.78 is 5.40. The average Bonchev–Trinajstić information content (AvgIpc) is 2.89. The molecule has 6 heteroatoms. The van der Waals surface area contributed by atoms with Gasteiger partial charge < -0.3 is 15.4 Å². The maximum absolute atomic E-state index is 12.8. The van der Waals surface area contributed by atoms with Crippen LogP contribution < -0.4 is 10.6 Å². The lowest BCUT2D eigenvalue weighted by molar-refractivity contribution is 0.0526. The van der Waals surface area contributed by atoms with Gasteiger partial charge in [-0.15, -0.1) is 11.3 Å². The standard InChI is InChI=1S/C23H36N2O2S2/c1-5-27-21(26)19-17-10-8-6-7-9-11-18(17)29-20(19)25-22(28)24-16-12-15(2)13-23(3,4)14-16/h15-16H,5-14H2,1-4H3,(H2,24,25,28). The number of thiocarbonyl (C=S) groups is 1. The molecule has 2 N–H and O–H groups in total. The lowest BCUT2D eigenvalue weighted by atomic mass is 9.71. The Balaban J connectivity index is 1.77. The number of esters is 1. The first-order valence-corrected chi connectivity index (χ1v) is 12.4. The SMILES string of the molecule is CCOC(=O)c1c(NC(=S)NC2CC(C)CC(C)(C)C2)sc2c1CCCCCC2. The highest BCUT2D eigenvalue weighted by molar-refractivity contribution is 7.80. The van der Waals surface area contributed by atoms with Gasteiger partial charge in [-0.2, -0.15) is 0 Å².